The summed E-state index contributed by atoms with van der Waals surface area (Å²) in [6.45, 7) is 4.52. The largest absolute Gasteiger partial charge is 0.135 e. The standard InChI is InChI=1S/C42H42S2/c1-3-5-7-9-11-33-13-17-35(18-14-33)21-27-41-39(29-31-43-41)37-23-25-38(26-24-37)40-30-32-44-42(40)28-22-36-19-15-34(16-20-36)12-10-8-6-4-2/h13-20,23-26,29-32H,3-12H2,1-2H3. The van der Waals surface area contributed by atoms with E-state index in [1.165, 1.54) is 84.7 Å². The van der Waals surface area contributed by atoms with Crippen molar-refractivity contribution in [3.63, 3.8) is 0 Å². The Bertz CT molecular complexity index is 1580. The van der Waals surface area contributed by atoms with Gasteiger partial charge in [0.05, 0.1) is 9.75 Å². The Morgan fingerprint density at radius 2 is 0.841 bits per heavy atom. The minimum atomic E-state index is 1.07. The first kappa shape index (κ1) is 31.6. The van der Waals surface area contributed by atoms with Crippen molar-refractivity contribution < 1.29 is 0 Å². The van der Waals surface area contributed by atoms with Crippen LogP contribution in [0.1, 0.15) is 97.2 Å². The molecular weight excluding hydrogens is 569 g/mol. The van der Waals surface area contributed by atoms with Gasteiger partial charge in [-0.25, -0.2) is 0 Å². The molecule has 0 bridgehead atoms. The van der Waals surface area contributed by atoms with Gasteiger partial charge in [-0.2, -0.15) is 0 Å². The molecule has 0 spiro atoms. The maximum absolute atomic E-state index is 3.44. The zero-order valence-corrected chi connectivity index (χ0v) is 27.8. The Morgan fingerprint density at radius 1 is 0.432 bits per heavy atom. The van der Waals surface area contributed by atoms with Crippen molar-refractivity contribution in [2.24, 2.45) is 0 Å². The normalized spacial score (nSPS) is 10.6. The maximum atomic E-state index is 3.44. The van der Waals surface area contributed by atoms with Gasteiger partial charge in [-0.05, 0) is 95.1 Å². The molecule has 0 amide bonds. The lowest BCUT2D eigenvalue weighted by Gasteiger charge is -2.04. The van der Waals surface area contributed by atoms with Crippen LogP contribution in [0.25, 0.3) is 22.3 Å². The molecule has 2 heteroatoms. The first-order chi connectivity index (χ1) is 21.7. The van der Waals surface area contributed by atoms with Crippen LogP contribution < -0.4 is 0 Å². The highest BCUT2D eigenvalue weighted by Gasteiger charge is 2.09. The van der Waals surface area contributed by atoms with Gasteiger partial charge >= 0.3 is 0 Å². The van der Waals surface area contributed by atoms with E-state index in [1.54, 1.807) is 22.7 Å². The van der Waals surface area contributed by atoms with Crippen LogP contribution in [0.2, 0.25) is 0 Å². The molecule has 0 aliphatic carbocycles. The lowest BCUT2D eigenvalue weighted by atomic mass is 10.0. The lowest BCUT2D eigenvalue weighted by Crippen LogP contribution is -1.86. The molecule has 0 N–H and O–H groups in total. The molecule has 2 heterocycles. The fraction of sp³-hybridized carbons (Fsp3) is 0.286. The highest BCUT2D eigenvalue weighted by Crippen LogP contribution is 2.32. The van der Waals surface area contributed by atoms with Crippen LogP contribution >= 0.6 is 22.7 Å². The number of thiophene rings is 2. The molecule has 0 fully saturated rings. The van der Waals surface area contributed by atoms with Crippen LogP contribution in [0.5, 0.6) is 0 Å². The van der Waals surface area contributed by atoms with Gasteiger partial charge in [0.2, 0.25) is 0 Å². The van der Waals surface area contributed by atoms with E-state index in [1.807, 2.05) is 0 Å². The van der Waals surface area contributed by atoms with E-state index >= 15 is 0 Å². The summed E-state index contributed by atoms with van der Waals surface area (Å²) >= 11 is 3.42. The molecule has 5 rings (SSSR count). The topological polar surface area (TPSA) is 0 Å². The average Bonchev–Trinajstić information content (AvgIpc) is 3.74. The smallest absolute Gasteiger partial charge is 0.0850 e. The highest BCUT2D eigenvalue weighted by atomic mass is 32.1. The van der Waals surface area contributed by atoms with E-state index in [4.69, 9.17) is 0 Å². The highest BCUT2D eigenvalue weighted by molar-refractivity contribution is 7.11. The zero-order valence-electron chi connectivity index (χ0n) is 26.1. The number of rotatable bonds is 12. The maximum Gasteiger partial charge on any atom is 0.0850 e. The van der Waals surface area contributed by atoms with Gasteiger partial charge in [-0.15, -0.1) is 22.7 Å². The molecule has 222 valence electrons. The fourth-order valence-corrected chi connectivity index (χ4v) is 6.90. The molecule has 0 aliphatic rings. The van der Waals surface area contributed by atoms with Gasteiger partial charge < -0.3 is 0 Å². The van der Waals surface area contributed by atoms with E-state index in [0.29, 0.717) is 0 Å². The van der Waals surface area contributed by atoms with E-state index in [2.05, 4.69) is 133 Å². The SMILES string of the molecule is CCCCCCc1ccc(C#Cc2sccc2-c2ccc(-c3ccsc3C#Cc3ccc(CCCCCC)cc3)cc2)cc1. The van der Waals surface area contributed by atoms with Crippen molar-refractivity contribution in [1.29, 1.82) is 0 Å². The molecule has 0 saturated heterocycles. The van der Waals surface area contributed by atoms with Crippen molar-refractivity contribution in [2.45, 2.75) is 78.1 Å². The van der Waals surface area contributed by atoms with Gasteiger partial charge in [-0.3, -0.25) is 0 Å². The summed E-state index contributed by atoms with van der Waals surface area (Å²) in [7, 11) is 0. The Kier molecular flexibility index (Phi) is 12.1. The van der Waals surface area contributed by atoms with Crippen LogP contribution in [0.3, 0.4) is 0 Å². The van der Waals surface area contributed by atoms with Crippen molar-refractivity contribution in [3.8, 4) is 45.9 Å². The van der Waals surface area contributed by atoms with Crippen LogP contribution in [-0.4, -0.2) is 0 Å². The number of unbranched alkanes of at least 4 members (excludes halogenated alkanes) is 6. The Hall–Kier alpha value is -3.82. The summed E-state index contributed by atoms with van der Waals surface area (Å²) in [5.74, 6) is 13.7. The number of hydrogen-bond acceptors (Lipinski definition) is 2. The summed E-state index contributed by atoms with van der Waals surface area (Å²) in [6, 6.07) is 30.8. The molecule has 44 heavy (non-hydrogen) atoms. The summed E-state index contributed by atoms with van der Waals surface area (Å²) in [5, 5.41) is 4.27. The number of aryl methyl sites for hydroxylation is 2. The molecule has 0 nitrogen and oxygen atoms in total. The third kappa shape index (κ3) is 9.09. The summed E-state index contributed by atoms with van der Waals surface area (Å²) < 4.78 is 0. The van der Waals surface area contributed by atoms with Gasteiger partial charge in [-0.1, -0.05) is 125 Å². The van der Waals surface area contributed by atoms with Gasteiger partial charge in [0.15, 0.2) is 0 Å². The second kappa shape index (κ2) is 16.9. The molecule has 0 unspecified atom stereocenters. The minimum absolute atomic E-state index is 1.07. The van der Waals surface area contributed by atoms with E-state index < -0.39 is 0 Å². The monoisotopic (exact) mass is 610 g/mol. The van der Waals surface area contributed by atoms with Crippen LogP contribution in [-0.2, 0) is 12.8 Å². The van der Waals surface area contributed by atoms with Gasteiger partial charge in [0.1, 0.15) is 0 Å². The molecule has 0 radical (unpaired) electrons. The van der Waals surface area contributed by atoms with Crippen molar-refractivity contribution in [3.05, 3.63) is 128 Å². The molecule has 3 aromatic carbocycles. The lowest BCUT2D eigenvalue weighted by molar-refractivity contribution is 0.667. The molecule has 2 aromatic heterocycles. The third-order valence-corrected chi connectivity index (χ3v) is 9.68. The minimum Gasteiger partial charge on any atom is -0.135 e. The fourth-order valence-electron chi connectivity index (χ4n) is 5.38. The quantitative estimate of drug-likeness (QED) is 0.0974. The zero-order chi connectivity index (χ0) is 30.4. The van der Waals surface area contributed by atoms with E-state index in [0.717, 1.165) is 33.7 Å². The first-order valence-electron chi connectivity index (χ1n) is 16.2. The molecule has 0 aliphatic heterocycles. The average molecular weight is 611 g/mol. The molecular formula is C42H42S2. The molecule has 0 saturated carbocycles. The van der Waals surface area contributed by atoms with Crippen LogP contribution in [0.15, 0.2) is 95.7 Å². The Labute approximate surface area is 273 Å². The first-order valence-corrected chi connectivity index (χ1v) is 18.0. The van der Waals surface area contributed by atoms with Crippen LogP contribution in [0, 0.1) is 23.7 Å². The molecule has 5 aromatic rings. The van der Waals surface area contributed by atoms with Gasteiger partial charge in [0.25, 0.3) is 0 Å². The van der Waals surface area contributed by atoms with Crippen molar-refractivity contribution in [1.82, 2.24) is 0 Å². The van der Waals surface area contributed by atoms with Crippen LogP contribution in [0.4, 0.5) is 0 Å². The number of benzene rings is 3. The van der Waals surface area contributed by atoms with Crippen molar-refractivity contribution in [2.75, 3.05) is 0 Å². The van der Waals surface area contributed by atoms with E-state index in [9.17, 15) is 0 Å². The van der Waals surface area contributed by atoms with Crippen molar-refractivity contribution >= 4 is 22.7 Å². The predicted octanol–water partition coefficient (Wildman–Crippen LogP) is 12.2. The summed E-state index contributed by atoms with van der Waals surface area (Å²) in [6.07, 6.45) is 12.7. The predicted molar refractivity (Wildman–Crippen MR) is 194 cm³/mol. The Balaban J connectivity index is 1.23. The molecule has 0 atom stereocenters. The van der Waals surface area contributed by atoms with Gasteiger partial charge in [0, 0.05) is 22.3 Å². The second-order valence-electron chi connectivity index (χ2n) is 11.4. The summed E-state index contributed by atoms with van der Waals surface area (Å²) in [5.41, 5.74) is 9.74. The van der Waals surface area contributed by atoms with E-state index in [-0.39, 0.29) is 0 Å². The summed E-state index contributed by atoms with van der Waals surface area (Å²) in [4.78, 5) is 2.21. The second-order valence-corrected chi connectivity index (χ2v) is 13.3. The number of hydrogen-bond donors (Lipinski definition) is 0. The Morgan fingerprint density at radius 3 is 1.23 bits per heavy atom. The third-order valence-electron chi connectivity index (χ3n) is 8.02.